The minimum absolute atomic E-state index is 0.0394. The number of allylic oxidation sites excluding steroid dienone is 2. The molecule has 0 heterocycles. The van der Waals surface area contributed by atoms with Crippen molar-refractivity contribution in [2.24, 2.45) is 0 Å². The van der Waals surface area contributed by atoms with Crippen molar-refractivity contribution in [2.75, 3.05) is 13.2 Å². The maximum absolute atomic E-state index is 12.9. The van der Waals surface area contributed by atoms with E-state index in [-0.39, 0.29) is 24.5 Å². The van der Waals surface area contributed by atoms with Crippen LogP contribution in [0.4, 0.5) is 0 Å². The van der Waals surface area contributed by atoms with Crippen LogP contribution in [0.1, 0.15) is 264 Å². The molecule has 9 nitrogen and oxygen atoms in total. The lowest BCUT2D eigenvalue weighted by molar-refractivity contribution is -0.150. The van der Waals surface area contributed by atoms with Crippen LogP contribution in [-0.2, 0) is 23.9 Å². The predicted octanol–water partition coefficient (Wildman–Crippen LogP) is 13.4. The number of aliphatic hydroxyl groups is 1. The Labute approximate surface area is 369 Å². The third-order valence-electron chi connectivity index (χ3n) is 11.8. The van der Waals surface area contributed by atoms with Crippen LogP contribution < -0.4 is 10.6 Å². The molecule has 0 aliphatic carbocycles. The van der Waals surface area contributed by atoms with E-state index in [0.29, 0.717) is 19.3 Å². The molecule has 0 aromatic carbocycles. The Bertz CT molecular complexity index is 1020. The van der Waals surface area contributed by atoms with Crippen molar-refractivity contribution in [2.45, 2.75) is 276 Å². The fraction of sp³-hybridized carbons (Fsp3) is 0.882. The minimum atomic E-state index is -1.38. The number of carboxylic acid groups (broad SMARTS) is 1. The van der Waals surface area contributed by atoms with Gasteiger partial charge in [0.15, 0.2) is 0 Å². The quantitative estimate of drug-likeness (QED) is 0.0271. The van der Waals surface area contributed by atoms with Gasteiger partial charge in [0.05, 0.1) is 13.2 Å². The van der Waals surface area contributed by atoms with Crippen molar-refractivity contribution in [3.8, 4) is 0 Å². The summed E-state index contributed by atoms with van der Waals surface area (Å²) in [5.74, 6) is -2.29. The van der Waals surface area contributed by atoms with Crippen LogP contribution in [-0.4, -0.2) is 59.3 Å². The Kier molecular flexibility index (Phi) is 44.2. The molecule has 9 heteroatoms. The summed E-state index contributed by atoms with van der Waals surface area (Å²) in [5.41, 5.74) is 0. The van der Waals surface area contributed by atoms with E-state index in [2.05, 4.69) is 36.6 Å². The van der Waals surface area contributed by atoms with Crippen molar-refractivity contribution >= 4 is 23.8 Å². The van der Waals surface area contributed by atoms with Crippen LogP contribution in [0.3, 0.4) is 0 Å². The minimum Gasteiger partial charge on any atom is -0.480 e. The Hall–Kier alpha value is -2.42. The van der Waals surface area contributed by atoms with Crippen LogP contribution in [0.15, 0.2) is 12.2 Å². The first kappa shape index (κ1) is 57.6. The lowest BCUT2D eigenvalue weighted by Crippen LogP contribution is -2.47. The molecule has 0 spiro atoms. The lowest BCUT2D eigenvalue weighted by Gasteiger charge is -2.18. The summed E-state index contributed by atoms with van der Waals surface area (Å²) in [4.78, 5) is 47.7. The molecule has 4 N–H and O–H groups in total. The first-order valence-corrected chi connectivity index (χ1v) is 25.6. The topological polar surface area (TPSA) is 142 Å². The van der Waals surface area contributed by atoms with Gasteiger partial charge in [0.25, 0.3) is 0 Å². The number of esters is 1. The van der Waals surface area contributed by atoms with Crippen LogP contribution in [0.5, 0.6) is 0 Å². The Morgan fingerprint density at radius 3 is 1.32 bits per heavy atom. The molecule has 0 radical (unpaired) electrons. The normalized spacial score (nSPS) is 12.4. The number of carbonyl (C=O) groups is 4. The number of ether oxygens (including phenoxy) is 1. The van der Waals surface area contributed by atoms with E-state index in [1.165, 1.54) is 161 Å². The second-order valence-electron chi connectivity index (χ2n) is 17.6. The Balaban J connectivity index is 4.25. The number of aliphatic carboxylic acids is 1. The van der Waals surface area contributed by atoms with Crippen LogP contribution >= 0.6 is 0 Å². The second kappa shape index (κ2) is 46.1. The number of unbranched alkanes of at least 4 members (excludes halogenated alkanes) is 31. The summed E-state index contributed by atoms with van der Waals surface area (Å²) >= 11 is 0. The van der Waals surface area contributed by atoms with E-state index in [1.807, 2.05) is 0 Å². The van der Waals surface area contributed by atoms with E-state index in [4.69, 9.17) is 14.9 Å². The van der Waals surface area contributed by atoms with Gasteiger partial charge in [0.2, 0.25) is 11.8 Å². The van der Waals surface area contributed by atoms with Gasteiger partial charge in [-0.15, -0.1) is 0 Å². The van der Waals surface area contributed by atoms with Gasteiger partial charge in [0, 0.05) is 12.8 Å². The van der Waals surface area contributed by atoms with E-state index < -0.39 is 24.5 Å². The molecule has 0 aromatic heterocycles. The Morgan fingerprint density at radius 1 is 0.483 bits per heavy atom. The van der Waals surface area contributed by atoms with Gasteiger partial charge in [-0.3, -0.25) is 14.4 Å². The van der Waals surface area contributed by atoms with E-state index in [9.17, 15) is 19.2 Å². The van der Waals surface area contributed by atoms with Gasteiger partial charge in [-0.1, -0.05) is 206 Å². The summed E-state index contributed by atoms with van der Waals surface area (Å²) in [6, 6.07) is -1.38. The largest absolute Gasteiger partial charge is 0.480 e. The number of aliphatic hydroxyl groups excluding tert-OH is 1. The maximum atomic E-state index is 12.9. The second-order valence-corrected chi connectivity index (χ2v) is 17.6. The average Bonchev–Trinajstić information content (AvgIpc) is 3.23. The number of nitrogens with one attached hydrogen (secondary N) is 2. The van der Waals surface area contributed by atoms with E-state index >= 15 is 0 Å². The first-order chi connectivity index (χ1) is 29.3. The van der Waals surface area contributed by atoms with Crippen molar-refractivity contribution in [3.63, 3.8) is 0 Å². The SMILES string of the molecule is CCCCCCCCCC/C=C\CCCC(CCCCCCCC(=O)NCC(=O)NC(CO)C(=O)O)OC(=O)CCCCCCCCCCCCCCCCCCCCC. The molecule has 0 aromatic rings. The number of hydrogen-bond donors (Lipinski definition) is 4. The highest BCUT2D eigenvalue weighted by Gasteiger charge is 2.19. The molecule has 0 bridgehead atoms. The molecule has 0 saturated carbocycles. The molecule has 60 heavy (non-hydrogen) atoms. The molecule has 0 aliphatic heterocycles. The highest BCUT2D eigenvalue weighted by molar-refractivity contribution is 5.87. The first-order valence-electron chi connectivity index (χ1n) is 25.6. The van der Waals surface area contributed by atoms with Crippen molar-refractivity contribution in [3.05, 3.63) is 12.2 Å². The fourth-order valence-corrected chi connectivity index (χ4v) is 7.84. The zero-order chi connectivity index (χ0) is 44.0. The number of carbonyl (C=O) groups excluding carboxylic acids is 3. The fourth-order valence-electron chi connectivity index (χ4n) is 7.84. The highest BCUT2D eigenvalue weighted by atomic mass is 16.5. The van der Waals surface area contributed by atoms with Crippen molar-refractivity contribution < 1.29 is 34.1 Å². The number of hydrogen-bond acceptors (Lipinski definition) is 6. The average molecular weight is 849 g/mol. The van der Waals surface area contributed by atoms with Gasteiger partial charge >= 0.3 is 11.9 Å². The van der Waals surface area contributed by atoms with Crippen LogP contribution in [0.2, 0.25) is 0 Å². The summed E-state index contributed by atoms with van der Waals surface area (Å²) in [6.45, 7) is 3.51. The molecular weight excluding hydrogens is 753 g/mol. The lowest BCUT2D eigenvalue weighted by atomic mass is 10.0. The summed E-state index contributed by atoms with van der Waals surface area (Å²) < 4.78 is 6.05. The van der Waals surface area contributed by atoms with Gasteiger partial charge in [-0.05, 0) is 57.8 Å². The third kappa shape index (κ3) is 42.3. The number of carboxylic acids is 1. The molecule has 0 rings (SSSR count). The van der Waals surface area contributed by atoms with Crippen molar-refractivity contribution in [1.82, 2.24) is 10.6 Å². The van der Waals surface area contributed by atoms with Crippen molar-refractivity contribution in [1.29, 1.82) is 0 Å². The molecule has 2 amide bonds. The van der Waals surface area contributed by atoms with Gasteiger partial charge in [-0.25, -0.2) is 4.79 Å². The third-order valence-corrected chi connectivity index (χ3v) is 11.8. The molecule has 2 atom stereocenters. The smallest absolute Gasteiger partial charge is 0.328 e. The summed E-state index contributed by atoms with van der Waals surface area (Å²) in [7, 11) is 0. The molecular formula is C51H96N2O7. The predicted molar refractivity (Wildman–Crippen MR) is 250 cm³/mol. The van der Waals surface area contributed by atoms with Gasteiger partial charge < -0.3 is 25.6 Å². The molecule has 0 fully saturated rings. The zero-order valence-corrected chi connectivity index (χ0v) is 39.2. The van der Waals surface area contributed by atoms with E-state index in [1.54, 1.807) is 0 Å². The van der Waals surface area contributed by atoms with Gasteiger partial charge in [-0.2, -0.15) is 0 Å². The molecule has 2 unspecified atom stereocenters. The standard InChI is InChI=1S/C51H96N2O7/c1-3-5-7-9-11-13-15-17-18-19-20-21-22-24-26-28-30-35-39-43-50(57)60-46(40-36-32-29-27-25-23-16-14-12-10-8-6-4-2)41-37-33-31-34-38-42-48(55)52-44-49(56)53-47(45-54)51(58)59/h27,29,46-47,54H,3-26,28,30-45H2,1-2H3,(H,52,55)(H,53,56)(H,58,59)/b29-27-. The number of amides is 2. The Morgan fingerprint density at radius 2 is 0.867 bits per heavy atom. The summed E-state index contributed by atoms with van der Waals surface area (Å²) in [5, 5.41) is 22.6. The molecule has 0 saturated heterocycles. The maximum Gasteiger partial charge on any atom is 0.328 e. The van der Waals surface area contributed by atoms with Crippen LogP contribution in [0, 0.1) is 0 Å². The number of rotatable bonds is 47. The monoisotopic (exact) mass is 849 g/mol. The molecule has 352 valence electrons. The van der Waals surface area contributed by atoms with E-state index in [0.717, 1.165) is 70.6 Å². The molecule has 0 aliphatic rings. The summed E-state index contributed by atoms with van der Waals surface area (Å²) in [6.07, 6.45) is 51.1. The van der Waals surface area contributed by atoms with Crippen LogP contribution in [0.25, 0.3) is 0 Å². The highest BCUT2D eigenvalue weighted by Crippen LogP contribution is 2.19. The van der Waals surface area contributed by atoms with Gasteiger partial charge in [0.1, 0.15) is 12.1 Å². The zero-order valence-electron chi connectivity index (χ0n) is 39.2.